The van der Waals surface area contributed by atoms with E-state index >= 15 is 0 Å². The molecule has 0 spiro atoms. The van der Waals surface area contributed by atoms with Crippen LogP contribution in [0.1, 0.15) is 12.0 Å². The fraction of sp³-hybridized carbons (Fsp3) is 0.156. The molecule has 0 radical (unpaired) electrons. The first-order valence-electron chi connectivity index (χ1n) is 13.6. The second-order valence-corrected chi connectivity index (χ2v) is 10.4. The molecule has 0 aliphatic heterocycles. The molecule has 44 heavy (non-hydrogen) atoms. The fourth-order valence-corrected chi connectivity index (χ4v) is 5.11. The quantitative estimate of drug-likeness (QED) is 0.140. The van der Waals surface area contributed by atoms with E-state index in [9.17, 15) is 13.6 Å². The molecular weight excluding hydrogens is 582 g/mol. The molecule has 1 unspecified atom stereocenters. The largest absolute Gasteiger partial charge is 0.497 e. The average molecular weight is 614 g/mol. The van der Waals surface area contributed by atoms with Gasteiger partial charge in [0.2, 0.25) is 5.91 Å². The Balaban J connectivity index is 1.46. The van der Waals surface area contributed by atoms with Crippen molar-refractivity contribution in [3.05, 3.63) is 96.6 Å². The lowest BCUT2D eigenvalue weighted by atomic mass is 10.1. The Hall–Kier alpha value is -5.20. The third-order valence-corrected chi connectivity index (χ3v) is 7.35. The number of amides is 1. The number of hydrogen-bond donors (Lipinski definition) is 3. The predicted molar refractivity (Wildman–Crippen MR) is 172 cm³/mol. The monoisotopic (exact) mass is 613 g/mol. The number of methoxy groups -OCH3 is 3. The van der Waals surface area contributed by atoms with Gasteiger partial charge in [-0.2, -0.15) is 0 Å². The zero-order chi connectivity index (χ0) is 31.1. The number of hydrogen-bond acceptors (Lipinski definition) is 8. The van der Waals surface area contributed by atoms with Crippen LogP contribution in [-0.4, -0.2) is 46.0 Å². The van der Waals surface area contributed by atoms with Gasteiger partial charge in [-0.25, -0.2) is 18.5 Å². The molecule has 0 bridgehead atoms. The van der Waals surface area contributed by atoms with Crippen molar-refractivity contribution >= 4 is 56.9 Å². The summed E-state index contributed by atoms with van der Waals surface area (Å²) >= 11 is -2.56. The number of nitrogens with one attached hydrogen (secondary N) is 2. The molecule has 5 aromatic rings. The van der Waals surface area contributed by atoms with Crippen LogP contribution in [0.15, 0.2) is 91.0 Å². The summed E-state index contributed by atoms with van der Waals surface area (Å²) in [5.74, 6) is 1.91. The van der Waals surface area contributed by atoms with Crippen molar-refractivity contribution in [2.45, 2.75) is 12.8 Å². The minimum Gasteiger partial charge on any atom is -0.497 e. The summed E-state index contributed by atoms with van der Waals surface area (Å²) < 4.78 is 40.6. The van der Waals surface area contributed by atoms with E-state index in [1.54, 1.807) is 75.9 Å². The smallest absolute Gasteiger partial charge is 0.268 e. The number of aryl methyl sites for hydroxylation is 1. The number of rotatable bonds is 12. The molecule has 0 saturated carbocycles. The first kappa shape index (κ1) is 30.3. The van der Waals surface area contributed by atoms with Gasteiger partial charge in [0.25, 0.3) is 11.3 Å². The molecule has 1 amide bonds. The number of benzene rings is 4. The van der Waals surface area contributed by atoms with Gasteiger partial charge in [0.1, 0.15) is 17.2 Å². The molecule has 4 aromatic carbocycles. The van der Waals surface area contributed by atoms with Crippen LogP contribution >= 0.6 is 0 Å². The number of ether oxygens (including phenoxy) is 3. The number of para-hydroxylation sites is 2. The van der Waals surface area contributed by atoms with Gasteiger partial charge in [0.15, 0.2) is 11.6 Å². The Bertz CT molecular complexity index is 1800. The van der Waals surface area contributed by atoms with E-state index in [1.165, 1.54) is 0 Å². The van der Waals surface area contributed by atoms with E-state index < -0.39 is 11.3 Å². The summed E-state index contributed by atoms with van der Waals surface area (Å²) in [5, 5.41) is 6.09. The minimum absolute atomic E-state index is 0.0906. The number of fused-ring (bicyclic) bond motifs is 1. The Kier molecular flexibility index (Phi) is 9.52. The fourth-order valence-electron chi connectivity index (χ4n) is 4.54. The van der Waals surface area contributed by atoms with Crippen molar-refractivity contribution in [1.29, 1.82) is 0 Å². The molecule has 1 aromatic heterocycles. The van der Waals surface area contributed by atoms with E-state index in [-0.39, 0.29) is 24.0 Å². The van der Waals surface area contributed by atoms with E-state index in [4.69, 9.17) is 24.2 Å². The van der Waals surface area contributed by atoms with Crippen molar-refractivity contribution < 1.29 is 27.8 Å². The molecular formula is C32H31N5O6S. The number of carbonyl (C=O) groups excluding carboxylic acids is 1. The Morgan fingerprint density at radius 3 is 2.16 bits per heavy atom. The van der Waals surface area contributed by atoms with Gasteiger partial charge in [0.05, 0.1) is 38.1 Å². The highest BCUT2D eigenvalue weighted by Gasteiger charge is 2.24. The maximum atomic E-state index is 12.9. The van der Waals surface area contributed by atoms with Crippen LogP contribution in [0.5, 0.6) is 17.2 Å². The van der Waals surface area contributed by atoms with Crippen molar-refractivity contribution in [2.75, 3.05) is 36.3 Å². The lowest BCUT2D eigenvalue weighted by Crippen LogP contribution is -2.22. The average Bonchev–Trinajstić information content (AvgIpc) is 3.04. The van der Waals surface area contributed by atoms with Gasteiger partial charge in [-0.15, -0.1) is 0 Å². The molecule has 1 heterocycles. The number of aromatic nitrogens is 2. The molecule has 12 heteroatoms. The molecule has 3 N–H and O–H groups in total. The Morgan fingerprint density at radius 1 is 0.795 bits per heavy atom. The topological polar surface area (TPSA) is 135 Å². The highest BCUT2D eigenvalue weighted by Crippen LogP contribution is 2.36. The molecule has 0 aliphatic carbocycles. The third-order valence-electron chi connectivity index (χ3n) is 6.65. The molecule has 5 rings (SSSR count). The molecule has 0 aliphatic rings. The van der Waals surface area contributed by atoms with Gasteiger partial charge in [-0.05, 0) is 54.4 Å². The number of carbonyl (C=O) groups is 1. The SMILES string of the molecule is COc1cccc(CCC(=O)Nc2cccc(N(c3nc4ccccc4nc3Nc3cc(OC)cc(OC)c3)S(=O)O)c2)c1. The summed E-state index contributed by atoms with van der Waals surface area (Å²) in [4.78, 5) is 22.3. The maximum absolute atomic E-state index is 12.9. The minimum atomic E-state index is -2.56. The van der Waals surface area contributed by atoms with E-state index in [0.717, 1.165) is 15.6 Å². The zero-order valence-electron chi connectivity index (χ0n) is 24.3. The summed E-state index contributed by atoms with van der Waals surface area (Å²) in [6.45, 7) is 0. The Morgan fingerprint density at radius 2 is 1.48 bits per heavy atom. The molecule has 1 atom stereocenters. The molecule has 226 valence electrons. The van der Waals surface area contributed by atoms with Crippen molar-refractivity contribution in [2.24, 2.45) is 0 Å². The lowest BCUT2D eigenvalue weighted by Gasteiger charge is -2.23. The van der Waals surface area contributed by atoms with Gasteiger partial charge in [-0.1, -0.05) is 30.3 Å². The number of anilines is 5. The van der Waals surface area contributed by atoms with Crippen molar-refractivity contribution in [3.63, 3.8) is 0 Å². The highest BCUT2D eigenvalue weighted by atomic mass is 32.2. The van der Waals surface area contributed by atoms with Crippen molar-refractivity contribution in [3.8, 4) is 17.2 Å². The summed E-state index contributed by atoms with van der Waals surface area (Å²) in [6.07, 6.45) is 0.757. The maximum Gasteiger partial charge on any atom is 0.268 e. The Labute approximate surface area is 257 Å². The van der Waals surface area contributed by atoms with Crippen LogP contribution in [0.3, 0.4) is 0 Å². The van der Waals surface area contributed by atoms with Crippen LogP contribution in [0, 0.1) is 0 Å². The first-order chi connectivity index (χ1) is 21.4. The summed E-state index contributed by atoms with van der Waals surface area (Å²) in [5.41, 5.74) is 3.40. The van der Waals surface area contributed by atoms with Gasteiger partial charge >= 0.3 is 0 Å². The van der Waals surface area contributed by atoms with E-state index in [1.807, 2.05) is 36.4 Å². The van der Waals surface area contributed by atoms with Crippen LogP contribution in [-0.2, 0) is 22.5 Å². The van der Waals surface area contributed by atoms with Crippen molar-refractivity contribution in [1.82, 2.24) is 9.97 Å². The second-order valence-electron chi connectivity index (χ2n) is 9.59. The van der Waals surface area contributed by atoms with Gasteiger partial charge in [0, 0.05) is 36.0 Å². The molecule has 0 fully saturated rings. The molecule has 11 nitrogen and oxygen atoms in total. The highest BCUT2D eigenvalue weighted by molar-refractivity contribution is 7.81. The first-order valence-corrected chi connectivity index (χ1v) is 14.6. The standard InChI is InChI=1S/C32H31N5O6S/c1-41-25-11-6-8-21(16-25)14-15-30(38)33-22-9-7-10-24(17-22)37(44(39)40)32-31(35-28-12-4-5-13-29(28)36-32)34-23-18-26(42-2)20-27(19-23)43-3/h4-13,16-20H,14-15H2,1-3H3,(H,33,38)(H,34,35)(H,39,40). The van der Waals surface area contributed by atoms with Crippen LogP contribution in [0.2, 0.25) is 0 Å². The van der Waals surface area contributed by atoms with E-state index in [2.05, 4.69) is 10.6 Å². The van der Waals surface area contributed by atoms with Crippen LogP contribution in [0.4, 0.5) is 28.7 Å². The normalized spacial score (nSPS) is 11.5. The van der Waals surface area contributed by atoms with Crippen LogP contribution in [0.25, 0.3) is 11.0 Å². The predicted octanol–water partition coefficient (Wildman–Crippen LogP) is 6.25. The van der Waals surface area contributed by atoms with Gasteiger partial charge in [-0.3, -0.25) is 9.35 Å². The summed E-state index contributed by atoms with van der Waals surface area (Å²) in [7, 11) is 4.68. The second kappa shape index (κ2) is 13.8. The third kappa shape index (κ3) is 7.22. The number of nitrogens with zero attached hydrogens (tertiary/aromatic N) is 3. The van der Waals surface area contributed by atoms with E-state index in [0.29, 0.717) is 46.0 Å². The van der Waals surface area contributed by atoms with Gasteiger partial charge < -0.3 is 24.8 Å². The molecule has 0 saturated heterocycles. The zero-order valence-corrected chi connectivity index (χ0v) is 25.1. The summed E-state index contributed by atoms with van der Waals surface area (Å²) in [6, 6.07) is 26.6. The van der Waals surface area contributed by atoms with Crippen LogP contribution < -0.4 is 29.1 Å². The lowest BCUT2D eigenvalue weighted by molar-refractivity contribution is -0.116.